The SMILES string of the molecule is CCCOC(=O)COCC(=O)OCc1c(F)c(F)c(F)c(F)c1F. The fourth-order valence-electron chi connectivity index (χ4n) is 1.45. The Kier molecular flexibility index (Phi) is 7.56. The maximum absolute atomic E-state index is 13.3. The highest BCUT2D eigenvalue weighted by Crippen LogP contribution is 2.23. The van der Waals surface area contributed by atoms with Gasteiger partial charge < -0.3 is 14.2 Å². The molecule has 0 saturated carbocycles. The zero-order valence-electron chi connectivity index (χ0n) is 12.5. The van der Waals surface area contributed by atoms with Crippen LogP contribution in [0, 0.1) is 29.1 Å². The van der Waals surface area contributed by atoms with Crippen LogP contribution in [0.1, 0.15) is 18.9 Å². The quantitative estimate of drug-likeness (QED) is 0.310. The minimum Gasteiger partial charge on any atom is -0.464 e. The molecule has 1 rings (SSSR count). The number of rotatable bonds is 8. The van der Waals surface area contributed by atoms with Crippen LogP contribution in [0.25, 0.3) is 0 Å². The van der Waals surface area contributed by atoms with Crippen molar-refractivity contribution in [2.75, 3.05) is 19.8 Å². The summed E-state index contributed by atoms with van der Waals surface area (Å²) in [6.45, 7) is -0.569. The highest BCUT2D eigenvalue weighted by molar-refractivity contribution is 5.73. The van der Waals surface area contributed by atoms with Crippen LogP contribution in [0.15, 0.2) is 0 Å². The highest BCUT2D eigenvalue weighted by atomic mass is 19.2. The van der Waals surface area contributed by atoms with Crippen LogP contribution < -0.4 is 0 Å². The van der Waals surface area contributed by atoms with Gasteiger partial charge in [0.05, 0.1) is 12.2 Å². The van der Waals surface area contributed by atoms with Gasteiger partial charge in [-0.1, -0.05) is 6.92 Å². The number of carbonyl (C=O) groups is 2. The van der Waals surface area contributed by atoms with Crippen molar-refractivity contribution in [3.05, 3.63) is 34.6 Å². The second-order valence-corrected chi connectivity index (χ2v) is 4.42. The molecule has 0 spiro atoms. The maximum Gasteiger partial charge on any atom is 0.332 e. The molecule has 0 aliphatic heterocycles. The number of benzene rings is 1. The lowest BCUT2D eigenvalue weighted by atomic mass is 10.2. The fraction of sp³-hybridized carbons (Fsp3) is 0.429. The maximum atomic E-state index is 13.3. The summed E-state index contributed by atoms with van der Waals surface area (Å²) in [7, 11) is 0. The van der Waals surface area contributed by atoms with Crippen molar-refractivity contribution in [3.8, 4) is 0 Å². The Morgan fingerprint density at radius 2 is 1.25 bits per heavy atom. The minimum absolute atomic E-state index is 0.174. The molecule has 0 amide bonds. The normalized spacial score (nSPS) is 10.6. The molecule has 1 aromatic rings. The smallest absolute Gasteiger partial charge is 0.332 e. The Balaban J connectivity index is 2.52. The molecule has 0 fully saturated rings. The van der Waals surface area contributed by atoms with E-state index in [1.165, 1.54) is 0 Å². The summed E-state index contributed by atoms with van der Waals surface area (Å²) in [5, 5.41) is 0. The van der Waals surface area contributed by atoms with Crippen LogP contribution in [0.5, 0.6) is 0 Å². The first kappa shape index (κ1) is 19.8. The molecule has 0 unspecified atom stereocenters. The zero-order valence-corrected chi connectivity index (χ0v) is 12.5. The minimum atomic E-state index is -2.31. The lowest BCUT2D eigenvalue weighted by Crippen LogP contribution is -2.19. The van der Waals surface area contributed by atoms with E-state index < -0.39 is 66.4 Å². The molecule has 0 bridgehead atoms. The van der Waals surface area contributed by atoms with Gasteiger partial charge >= 0.3 is 11.9 Å². The molecular weight excluding hydrogens is 343 g/mol. The van der Waals surface area contributed by atoms with Crippen molar-refractivity contribution >= 4 is 11.9 Å². The number of ether oxygens (including phenoxy) is 3. The van der Waals surface area contributed by atoms with Gasteiger partial charge in [-0.15, -0.1) is 0 Å². The zero-order chi connectivity index (χ0) is 18.3. The van der Waals surface area contributed by atoms with E-state index in [0.29, 0.717) is 6.42 Å². The summed E-state index contributed by atoms with van der Waals surface area (Å²) in [4.78, 5) is 22.3. The Morgan fingerprint density at radius 1 is 0.792 bits per heavy atom. The van der Waals surface area contributed by atoms with E-state index in [4.69, 9.17) is 0 Å². The average molecular weight is 356 g/mol. The number of esters is 2. The van der Waals surface area contributed by atoms with Crippen molar-refractivity contribution in [1.29, 1.82) is 0 Å². The first-order valence-corrected chi connectivity index (χ1v) is 6.68. The topological polar surface area (TPSA) is 61.8 Å². The Bertz CT molecular complexity index is 591. The molecule has 0 atom stereocenters. The lowest BCUT2D eigenvalue weighted by Gasteiger charge is -2.09. The standard InChI is InChI=1S/C14H13F5O5/c1-2-3-23-8(20)5-22-6-9(21)24-4-7-10(15)12(17)14(19)13(18)11(7)16/h2-6H2,1H3. The van der Waals surface area contributed by atoms with E-state index in [-0.39, 0.29) is 6.61 Å². The van der Waals surface area contributed by atoms with E-state index >= 15 is 0 Å². The van der Waals surface area contributed by atoms with Gasteiger partial charge in [-0.25, -0.2) is 31.5 Å². The molecule has 0 N–H and O–H groups in total. The first-order chi connectivity index (χ1) is 11.3. The molecule has 24 heavy (non-hydrogen) atoms. The molecule has 1 aromatic carbocycles. The van der Waals surface area contributed by atoms with Crippen molar-refractivity contribution in [2.24, 2.45) is 0 Å². The lowest BCUT2D eigenvalue weighted by molar-refractivity contribution is -0.156. The van der Waals surface area contributed by atoms with Crippen molar-refractivity contribution in [2.45, 2.75) is 20.0 Å². The molecular formula is C14H13F5O5. The second kappa shape index (κ2) is 9.16. The van der Waals surface area contributed by atoms with Gasteiger partial charge in [-0.2, -0.15) is 0 Å². The van der Waals surface area contributed by atoms with Gasteiger partial charge in [-0.3, -0.25) is 0 Å². The summed E-state index contributed by atoms with van der Waals surface area (Å²) in [5.74, 6) is -12.7. The van der Waals surface area contributed by atoms with Gasteiger partial charge in [0, 0.05) is 0 Å². The van der Waals surface area contributed by atoms with E-state index in [0.717, 1.165) is 0 Å². The predicted octanol–water partition coefficient (Wildman–Crippen LogP) is 2.40. The third kappa shape index (κ3) is 5.15. The second-order valence-electron chi connectivity index (χ2n) is 4.42. The first-order valence-electron chi connectivity index (χ1n) is 6.68. The monoisotopic (exact) mass is 356 g/mol. The summed E-state index contributed by atoms with van der Waals surface area (Å²) >= 11 is 0. The number of hydrogen-bond acceptors (Lipinski definition) is 5. The van der Waals surface area contributed by atoms with Gasteiger partial charge in [0.1, 0.15) is 19.8 Å². The molecule has 0 heterocycles. The fourth-order valence-corrected chi connectivity index (χ4v) is 1.45. The summed E-state index contributed by atoms with van der Waals surface area (Å²) in [6, 6.07) is 0. The van der Waals surface area contributed by atoms with Crippen LogP contribution in [0.2, 0.25) is 0 Å². The van der Waals surface area contributed by atoms with Gasteiger partial charge in [-0.05, 0) is 6.42 Å². The van der Waals surface area contributed by atoms with Crippen LogP contribution in [0.3, 0.4) is 0 Å². The molecule has 10 heteroatoms. The van der Waals surface area contributed by atoms with Crippen molar-refractivity contribution in [3.63, 3.8) is 0 Å². The predicted molar refractivity (Wildman–Crippen MR) is 68.1 cm³/mol. The van der Waals surface area contributed by atoms with E-state index in [1.54, 1.807) is 6.92 Å². The van der Waals surface area contributed by atoms with Crippen LogP contribution in [0.4, 0.5) is 22.0 Å². The molecule has 134 valence electrons. The Labute approximate surface area is 133 Å². The highest BCUT2D eigenvalue weighted by Gasteiger charge is 2.26. The van der Waals surface area contributed by atoms with Crippen molar-refractivity contribution < 1.29 is 45.8 Å². The van der Waals surface area contributed by atoms with Gasteiger partial charge in [0.2, 0.25) is 5.82 Å². The summed E-state index contributed by atoms with van der Waals surface area (Å²) in [6.07, 6.45) is 0.593. The molecule has 0 radical (unpaired) electrons. The number of halogens is 5. The number of hydrogen-bond donors (Lipinski definition) is 0. The summed E-state index contributed by atoms with van der Waals surface area (Å²) < 4.78 is 79.0. The third-order valence-corrected chi connectivity index (χ3v) is 2.59. The average Bonchev–Trinajstić information content (AvgIpc) is 2.56. The van der Waals surface area contributed by atoms with Gasteiger partial charge in [0.25, 0.3) is 0 Å². The molecule has 5 nitrogen and oxygen atoms in total. The number of carbonyl (C=O) groups excluding carboxylic acids is 2. The molecule has 0 aliphatic rings. The molecule has 0 aliphatic carbocycles. The van der Waals surface area contributed by atoms with Crippen LogP contribution in [-0.2, 0) is 30.4 Å². The third-order valence-electron chi connectivity index (χ3n) is 2.59. The largest absolute Gasteiger partial charge is 0.464 e. The van der Waals surface area contributed by atoms with Gasteiger partial charge in [0.15, 0.2) is 23.3 Å². The molecule has 0 aromatic heterocycles. The Hall–Kier alpha value is -2.23. The van der Waals surface area contributed by atoms with Crippen LogP contribution >= 0.6 is 0 Å². The Morgan fingerprint density at radius 3 is 1.75 bits per heavy atom. The van der Waals surface area contributed by atoms with E-state index in [2.05, 4.69) is 14.2 Å². The van der Waals surface area contributed by atoms with E-state index in [9.17, 15) is 31.5 Å². The van der Waals surface area contributed by atoms with Crippen LogP contribution in [-0.4, -0.2) is 31.8 Å². The van der Waals surface area contributed by atoms with E-state index in [1.807, 2.05) is 0 Å². The summed E-state index contributed by atoms with van der Waals surface area (Å²) in [5.41, 5.74) is -1.29. The molecule has 0 saturated heterocycles. The van der Waals surface area contributed by atoms with Crippen molar-refractivity contribution in [1.82, 2.24) is 0 Å².